The van der Waals surface area contributed by atoms with Gasteiger partial charge >= 0.3 is 0 Å². The van der Waals surface area contributed by atoms with Crippen LogP contribution in [0, 0.1) is 0 Å². The normalized spacial score (nSPS) is 22.8. The largest absolute Gasteiger partial charge is 0.332 e. The smallest absolute Gasteiger partial charge is 0.257 e. The number of carbonyl (C=O) groups is 1. The summed E-state index contributed by atoms with van der Waals surface area (Å²) < 4.78 is 0. The van der Waals surface area contributed by atoms with Gasteiger partial charge in [-0.05, 0) is 25.0 Å². The van der Waals surface area contributed by atoms with Crippen molar-refractivity contribution in [2.75, 3.05) is 6.54 Å². The van der Waals surface area contributed by atoms with Crippen LogP contribution in [0.3, 0.4) is 0 Å². The Labute approximate surface area is 107 Å². The maximum atomic E-state index is 11.7. The SMILES string of the molecule is CCCN1C=C(C)C=C2C(=O)NC(N)N=C21.Cl. The van der Waals surface area contributed by atoms with Gasteiger partial charge in [0.05, 0.1) is 5.57 Å². The third kappa shape index (κ3) is 2.68. The Morgan fingerprint density at radius 3 is 2.94 bits per heavy atom. The number of nitrogens with two attached hydrogens (primary N) is 1. The third-order valence-corrected chi connectivity index (χ3v) is 2.49. The van der Waals surface area contributed by atoms with Gasteiger partial charge in [-0.3, -0.25) is 10.5 Å². The van der Waals surface area contributed by atoms with E-state index in [0.717, 1.165) is 18.5 Å². The van der Waals surface area contributed by atoms with Gasteiger partial charge < -0.3 is 10.2 Å². The number of amides is 1. The predicted molar refractivity (Wildman–Crippen MR) is 69.6 cm³/mol. The predicted octanol–water partition coefficient (Wildman–Crippen LogP) is 0.735. The van der Waals surface area contributed by atoms with Crippen LogP contribution in [0.1, 0.15) is 20.3 Å². The summed E-state index contributed by atoms with van der Waals surface area (Å²) in [6.45, 7) is 4.90. The van der Waals surface area contributed by atoms with Gasteiger partial charge in [-0.2, -0.15) is 0 Å². The number of fused-ring (bicyclic) bond motifs is 1. The van der Waals surface area contributed by atoms with Gasteiger partial charge in [0.25, 0.3) is 5.91 Å². The highest BCUT2D eigenvalue weighted by molar-refractivity contribution is 6.23. The van der Waals surface area contributed by atoms with Gasteiger partial charge in [0.15, 0.2) is 6.29 Å². The zero-order chi connectivity index (χ0) is 11.7. The Bertz CT molecular complexity index is 414. The van der Waals surface area contributed by atoms with Gasteiger partial charge in [0, 0.05) is 12.7 Å². The van der Waals surface area contributed by atoms with E-state index in [0.29, 0.717) is 11.4 Å². The molecular weight excluding hydrogens is 240 g/mol. The maximum Gasteiger partial charge on any atom is 0.257 e. The molecule has 0 radical (unpaired) electrons. The van der Waals surface area contributed by atoms with Crippen LogP contribution in [0.25, 0.3) is 0 Å². The highest BCUT2D eigenvalue weighted by Gasteiger charge is 2.29. The summed E-state index contributed by atoms with van der Waals surface area (Å²) in [5.41, 5.74) is 7.29. The van der Waals surface area contributed by atoms with Crippen molar-refractivity contribution in [3.05, 3.63) is 23.4 Å². The van der Waals surface area contributed by atoms with Gasteiger partial charge in [-0.15, -0.1) is 12.4 Å². The highest BCUT2D eigenvalue weighted by atomic mass is 35.5. The lowest BCUT2D eigenvalue weighted by Gasteiger charge is -2.31. The average Bonchev–Trinajstić information content (AvgIpc) is 2.20. The molecule has 1 unspecified atom stereocenters. The molecule has 0 spiro atoms. The topological polar surface area (TPSA) is 70.7 Å². The van der Waals surface area contributed by atoms with E-state index in [2.05, 4.69) is 17.2 Å². The van der Waals surface area contributed by atoms with E-state index in [-0.39, 0.29) is 18.3 Å². The molecule has 17 heavy (non-hydrogen) atoms. The third-order valence-electron chi connectivity index (χ3n) is 2.49. The van der Waals surface area contributed by atoms with E-state index in [1.54, 1.807) is 0 Å². The number of halogens is 1. The summed E-state index contributed by atoms with van der Waals surface area (Å²) in [5.74, 6) is 0.537. The summed E-state index contributed by atoms with van der Waals surface area (Å²) in [5, 5.41) is 2.59. The van der Waals surface area contributed by atoms with E-state index < -0.39 is 6.29 Å². The minimum Gasteiger partial charge on any atom is -0.332 e. The first-order valence-corrected chi connectivity index (χ1v) is 5.43. The molecule has 0 bridgehead atoms. The second-order valence-corrected chi connectivity index (χ2v) is 4.00. The van der Waals surface area contributed by atoms with E-state index in [1.165, 1.54) is 0 Å². The first kappa shape index (κ1) is 13.7. The van der Waals surface area contributed by atoms with Gasteiger partial charge in [0.1, 0.15) is 5.84 Å². The average molecular weight is 257 g/mol. The molecular formula is C11H17ClN4O. The molecule has 0 aliphatic carbocycles. The van der Waals surface area contributed by atoms with Gasteiger partial charge in [-0.1, -0.05) is 6.92 Å². The quantitative estimate of drug-likeness (QED) is 0.765. The Hall–Kier alpha value is -1.33. The number of hydrogen-bond donors (Lipinski definition) is 2. The Kier molecular flexibility index (Phi) is 4.31. The molecule has 2 aliphatic heterocycles. The minimum atomic E-state index is -0.634. The molecule has 0 saturated carbocycles. The molecule has 2 aliphatic rings. The summed E-state index contributed by atoms with van der Waals surface area (Å²) in [4.78, 5) is 18.0. The molecule has 2 heterocycles. The number of amidine groups is 1. The molecule has 0 saturated heterocycles. The first-order chi connectivity index (χ1) is 7.61. The molecule has 0 aromatic rings. The highest BCUT2D eigenvalue weighted by Crippen LogP contribution is 2.19. The van der Waals surface area contributed by atoms with Crippen molar-refractivity contribution < 1.29 is 4.79 Å². The molecule has 2 rings (SSSR count). The maximum absolute atomic E-state index is 11.7. The Balaban J connectivity index is 0.00000144. The summed E-state index contributed by atoms with van der Waals surface area (Å²) in [6, 6.07) is 0. The van der Waals surface area contributed by atoms with E-state index in [9.17, 15) is 4.79 Å². The number of allylic oxidation sites excluding steroid dienone is 2. The molecule has 1 atom stereocenters. The molecule has 3 N–H and O–H groups in total. The zero-order valence-electron chi connectivity index (χ0n) is 9.93. The monoisotopic (exact) mass is 256 g/mol. The van der Waals surface area contributed by atoms with Crippen LogP contribution in [-0.2, 0) is 4.79 Å². The molecule has 5 nitrogen and oxygen atoms in total. The summed E-state index contributed by atoms with van der Waals surface area (Å²) in [6.07, 6.45) is 4.20. The number of rotatable bonds is 2. The lowest BCUT2D eigenvalue weighted by molar-refractivity contribution is -0.117. The molecule has 94 valence electrons. The fraction of sp³-hybridized carbons (Fsp3) is 0.455. The second kappa shape index (κ2) is 5.33. The number of nitrogens with one attached hydrogen (secondary N) is 1. The van der Waals surface area contributed by atoms with Crippen LogP contribution in [0.5, 0.6) is 0 Å². The van der Waals surface area contributed by atoms with Crippen molar-refractivity contribution in [2.24, 2.45) is 10.7 Å². The fourth-order valence-electron chi connectivity index (χ4n) is 1.89. The Morgan fingerprint density at radius 2 is 2.29 bits per heavy atom. The number of aliphatic imine (C=N–C) groups is 1. The van der Waals surface area contributed by atoms with Crippen molar-refractivity contribution in [3.63, 3.8) is 0 Å². The molecule has 0 aromatic heterocycles. The van der Waals surface area contributed by atoms with E-state index >= 15 is 0 Å². The van der Waals surface area contributed by atoms with Crippen molar-refractivity contribution in [1.29, 1.82) is 0 Å². The van der Waals surface area contributed by atoms with Crippen LogP contribution in [0.15, 0.2) is 28.4 Å². The number of carbonyl (C=O) groups excluding carboxylic acids is 1. The van der Waals surface area contributed by atoms with Crippen molar-refractivity contribution in [3.8, 4) is 0 Å². The van der Waals surface area contributed by atoms with Crippen molar-refractivity contribution in [2.45, 2.75) is 26.6 Å². The second-order valence-electron chi connectivity index (χ2n) is 4.00. The van der Waals surface area contributed by atoms with E-state index in [1.807, 2.05) is 24.1 Å². The molecule has 0 fully saturated rings. The van der Waals surface area contributed by atoms with Crippen molar-refractivity contribution >= 4 is 24.1 Å². The van der Waals surface area contributed by atoms with Gasteiger partial charge in [0.2, 0.25) is 0 Å². The summed E-state index contributed by atoms with van der Waals surface area (Å²) in [7, 11) is 0. The van der Waals surface area contributed by atoms with E-state index in [4.69, 9.17) is 5.73 Å². The standard InChI is InChI=1S/C11H16N4O.ClH/c1-3-4-15-6-7(2)5-8-9(15)13-11(12)14-10(8)16;/h5-6,11H,3-4,12H2,1-2H3,(H,14,16);1H. The zero-order valence-corrected chi connectivity index (χ0v) is 10.8. The van der Waals surface area contributed by atoms with Crippen molar-refractivity contribution in [1.82, 2.24) is 10.2 Å². The number of hydrogen-bond acceptors (Lipinski definition) is 4. The molecule has 6 heteroatoms. The van der Waals surface area contributed by atoms with Crippen LogP contribution < -0.4 is 11.1 Å². The molecule has 1 amide bonds. The van der Waals surface area contributed by atoms with Crippen LogP contribution in [0.2, 0.25) is 0 Å². The van der Waals surface area contributed by atoms with Crippen LogP contribution >= 0.6 is 12.4 Å². The lowest BCUT2D eigenvalue weighted by atomic mass is 10.1. The number of nitrogens with zero attached hydrogens (tertiary/aromatic N) is 2. The van der Waals surface area contributed by atoms with Crippen LogP contribution in [-0.4, -0.2) is 29.5 Å². The first-order valence-electron chi connectivity index (χ1n) is 5.43. The fourth-order valence-corrected chi connectivity index (χ4v) is 1.89. The van der Waals surface area contributed by atoms with Gasteiger partial charge in [-0.25, -0.2) is 4.99 Å². The minimum absolute atomic E-state index is 0. The molecule has 0 aromatic carbocycles. The van der Waals surface area contributed by atoms with Crippen LogP contribution in [0.4, 0.5) is 0 Å². The Morgan fingerprint density at radius 1 is 1.59 bits per heavy atom. The summed E-state index contributed by atoms with van der Waals surface area (Å²) >= 11 is 0. The lowest BCUT2D eigenvalue weighted by Crippen LogP contribution is -2.50.